The second-order valence-electron chi connectivity index (χ2n) is 16.4. The summed E-state index contributed by atoms with van der Waals surface area (Å²) >= 11 is 0. The first kappa shape index (κ1) is 43.1. The molecule has 0 amide bonds. The standard InChI is InChI=1S/C42H53NO16/c1-8-42(52)16-27(31-20(35(42)41(51)53-7)13-21-32(37(31)49)38(50)34-25(46)10-9-24(45)33(34)36(21)48)57-29-14-22(43(5)6)39(18(3)55-29)59-30-15-26(47)40(19(4)56-30)58-28-12-11-23(44)17(2)54-28/h9-10,13,17-19,22,26-30,35,39-40,45-47,49,52H,8,11-12,14-16H2,1-7H3/t17?,18?,19?,22?,26?,27?,28?,29?,30?,35?,39?,40?,42-/m1/s1. The summed E-state index contributed by atoms with van der Waals surface area (Å²) in [5.74, 6) is -5.90. The molecule has 3 heterocycles. The Morgan fingerprint density at radius 3 is 2.07 bits per heavy atom. The minimum atomic E-state index is -1.81. The van der Waals surface area contributed by atoms with Gasteiger partial charge >= 0.3 is 5.97 Å². The number of rotatable bonds is 9. The fraction of sp³-hybridized carbons (Fsp3) is 0.619. The number of hydrogen-bond acceptors (Lipinski definition) is 17. The lowest BCUT2D eigenvalue weighted by atomic mass is 9.67. The Kier molecular flexibility index (Phi) is 12.0. The van der Waals surface area contributed by atoms with Crippen LogP contribution in [0, 0.1) is 0 Å². The molecule has 5 aliphatic rings. The summed E-state index contributed by atoms with van der Waals surface area (Å²) in [5.41, 5.74) is -3.58. The molecular formula is C42H53NO16. The van der Waals surface area contributed by atoms with Gasteiger partial charge in [0.15, 0.2) is 30.4 Å². The molecule has 3 aliphatic heterocycles. The van der Waals surface area contributed by atoms with E-state index in [1.165, 1.54) is 6.07 Å². The number of ether oxygens (including phenoxy) is 7. The first-order valence-electron chi connectivity index (χ1n) is 20.0. The Morgan fingerprint density at radius 1 is 0.864 bits per heavy atom. The van der Waals surface area contributed by atoms with Crippen LogP contribution in [-0.2, 0) is 42.7 Å². The monoisotopic (exact) mass is 827 g/mol. The predicted octanol–water partition coefficient (Wildman–Crippen LogP) is 2.86. The highest BCUT2D eigenvalue weighted by molar-refractivity contribution is 6.31. The highest BCUT2D eigenvalue weighted by Gasteiger charge is 2.54. The molecule has 12 unspecified atom stereocenters. The number of methoxy groups -OCH3 is 1. The number of carbonyl (C=O) groups is 4. The zero-order valence-corrected chi connectivity index (χ0v) is 34.1. The van der Waals surface area contributed by atoms with Crippen molar-refractivity contribution in [2.45, 2.75) is 145 Å². The maximum absolute atomic E-state index is 14.0. The van der Waals surface area contributed by atoms with E-state index >= 15 is 0 Å². The topological polar surface area (TPSA) is 237 Å². The van der Waals surface area contributed by atoms with Crippen LogP contribution in [0.3, 0.4) is 0 Å². The Bertz CT molecular complexity index is 1990. The number of likely N-dealkylation sites (N-methyl/N-ethyl adjacent to an activating group) is 1. The van der Waals surface area contributed by atoms with Crippen molar-refractivity contribution >= 4 is 23.3 Å². The Morgan fingerprint density at radius 2 is 1.47 bits per heavy atom. The smallest absolute Gasteiger partial charge is 0.316 e. The van der Waals surface area contributed by atoms with Gasteiger partial charge < -0.3 is 63.6 Å². The van der Waals surface area contributed by atoms with Gasteiger partial charge in [0.05, 0.1) is 53.8 Å². The Labute approximate surface area is 341 Å². The molecule has 5 N–H and O–H groups in total. The number of nitrogens with zero attached hydrogens (tertiary/aromatic N) is 1. The third kappa shape index (κ3) is 7.65. The van der Waals surface area contributed by atoms with Crippen molar-refractivity contribution in [1.82, 2.24) is 4.90 Å². The molecule has 2 aromatic carbocycles. The van der Waals surface area contributed by atoms with E-state index in [2.05, 4.69) is 0 Å². The van der Waals surface area contributed by atoms with Crippen molar-refractivity contribution in [2.24, 2.45) is 0 Å². The van der Waals surface area contributed by atoms with Crippen LogP contribution in [0.25, 0.3) is 0 Å². The number of carbonyl (C=O) groups excluding carboxylic acids is 4. The molecule has 0 spiro atoms. The average molecular weight is 828 g/mol. The molecule has 59 heavy (non-hydrogen) atoms. The van der Waals surface area contributed by atoms with Gasteiger partial charge in [0.1, 0.15) is 41.5 Å². The Balaban J connectivity index is 1.14. The van der Waals surface area contributed by atoms with Crippen molar-refractivity contribution in [3.8, 4) is 17.2 Å². The van der Waals surface area contributed by atoms with Gasteiger partial charge in [0.2, 0.25) is 5.78 Å². The van der Waals surface area contributed by atoms with Crippen LogP contribution < -0.4 is 0 Å². The van der Waals surface area contributed by atoms with Crippen LogP contribution in [0.4, 0.5) is 0 Å². The summed E-state index contributed by atoms with van der Waals surface area (Å²) in [6.07, 6.45) is -6.99. The third-order valence-electron chi connectivity index (χ3n) is 12.5. The number of aromatic hydroxyl groups is 3. The molecule has 322 valence electrons. The highest BCUT2D eigenvalue weighted by atomic mass is 16.7. The van der Waals surface area contributed by atoms with Crippen molar-refractivity contribution in [1.29, 1.82) is 0 Å². The van der Waals surface area contributed by atoms with Gasteiger partial charge in [-0.1, -0.05) is 6.92 Å². The first-order chi connectivity index (χ1) is 27.9. The number of fused-ring (bicyclic) bond motifs is 3. The molecule has 3 fully saturated rings. The van der Waals surface area contributed by atoms with Gasteiger partial charge in [-0.05, 0) is 65.0 Å². The number of phenolic OH excluding ortho intramolecular Hbond substituents is 3. The molecule has 13 atom stereocenters. The normalized spacial score (nSPS) is 35.9. The number of benzene rings is 2. The van der Waals surface area contributed by atoms with Gasteiger partial charge in [0, 0.05) is 49.3 Å². The molecular weight excluding hydrogens is 774 g/mol. The quantitative estimate of drug-likeness (QED) is 0.154. The average Bonchev–Trinajstić information content (AvgIpc) is 3.17. The van der Waals surface area contributed by atoms with E-state index in [0.717, 1.165) is 19.2 Å². The van der Waals surface area contributed by atoms with E-state index in [1.54, 1.807) is 27.7 Å². The molecule has 17 nitrogen and oxygen atoms in total. The number of aliphatic hydroxyl groups is 2. The van der Waals surface area contributed by atoms with Gasteiger partial charge in [-0.25, -0.2) is 0 Å². The lowest BCUT2D eigenvalue weighted by Crippen LogP contribution is -2.58. The van der Waals surface area contributed by atoms with Crippen LogP contribution in [0.1, 0.15) is 121 Å². The predicted molar refractivity (Wildman–Crippen MR) is 203 cm³/mol. The van der Waals surface area contributed by atoms with Crippen molar-refractivity contribution in [3.05, 3.63) is 51.6 Å². The molecule has 0 saturated carbocycles. The Hall–Kier alpha value is -4.04. The van der Waals surface area contributed by atoms with Crippen LogP contribution >= 0.6 is 0 Å². The minimum Gasteiger partial charge on any atom is -0.507 e. The second-order valence-corrected chi connectivity index (χ2v) is 16.4. The highest BCUT2D eigenvalue weighted by Crippen LogP contribution is 2.54. The molecule has 3 saturated heterocycles. The van der Waals surface area contributed by atoms with Gasteiger partial charge in [-0.15, -0.1) is 0 Å². The summed E-state index contributed by atoms with van der Waals surface area (Å²) in [6, 6.07) is 3.01. The number of hydrogen-bond donors (Lipinski definition) is 5. The van der Waals surface area contributed by atoms with E-state index in [-0.39, 0.29) is 54.2 Å². The van der Waals surface area contributed by atoms with Crippen LogP contribution in [0.5, 0.6) is 17.2 Å². The summed E-state index contributed by atoms with van der Waals surface area (Å²) in [7, 11) is 4.85. The summed E-state index contributed by atoms with van der Waals surface area (Å²) in [4.78, 5) is 55.1. The van der Waals surface area contributed by atoms with E-state index in [4.69, 9.17) is 33.2 Å². The third-order valence-corrected chi connectivity index (χ3v) is 12.5. The zero-order chi connectivity index (χ0) is 42.8. The summed E-state index contributed by atoms with van der Waals surface area (Å²) in [5, 5.41) is 56.5. The second kappa shape index (κ2) is 16.4. The number of Topliss-reactive ketones (excluding diaryl/α,β-unsaturated/α-hetero) is 1. The van der Waals surface area contributed by atoms with Crippen molar-refractivity contribution < 1.29 is 77.9 Å². The molecule has 0 bridgehead atoms. The van der Waals surface area contributed by atoms with Gasteiger partial charge in [-0.3, -0.25) is 19.2 Å². The van der Waals surface area contributed by atoms with Gasteiger partial charge in [0.25, 0.3) is 0 Å². The van der Waals surface area contributed by atoms with Crippen LogP contribution in [0.2, 0.25) is 0 Å². The lowest BCUT2D eigenvalue weighted by molar-refractivity contribution is -0.324. The molecule has 7 rings (SSSR count). The fourth-order valence-corrected chi connectivity index (χ4v) is 9.33. The maximum atomic E-state index is 14.0. The zero-order valence-electron chi connectivity index (χ0n) is 34.1. The minimum absolute atomic E-state index is 0.00116. The summed E-state index contributed by atoms with van der Waals surface area (Å²) in [6.45, 7) is 6.89. The SMILES string of the molecule is CC[C@@]1(O)CC(OC2CC(N(C)C)C(OC3CC(O)C(OC4CCC(=O)C(C)O4)C(C)O3)C(C)O2)c2c(cc3c(c2O)C(=O)c2c(O)ccc(O)c2C3=O)C1C(=O)OC. The maximum Gasteiger partial charge on any atom is 0.316 e. The van der Waals surface area contributed by atoms with Crippen molar-refractivity contribution in [3.63, 3.8) is 0 Å². The summed E-state index contributed by atoms with van der Waals surface area (Å²) < 4.78 is 42.6. The first-order valence-corrected chi connectivity index (χ1v) is 20.0. The molecule has 0 aromatic heterocycles. The fourth-order valence-electron chi connectivity index (χ4n) is 9.33. The molecule has 0 radical (unpaired) electrons. The number of esters is 1. The number of aliphatic hydroxyl groups excluding tert-OH is 1. The number of phenols is 3. The van der Waals surface area contributed by atoms with Crippen LogP contribution in [0.15, 0.2) is 18.2 Å². The molecule has 2 aliphatic carbocycles. The van der Waals surface area contributed by atoms with E-state index in [0.29, 0.717) is 12.8 Å². The van der Waals surface area contributed by atoms with Crippen molar-refractivity contribution in [2.75, 3.05) is 21.2 Å². The van der Waals surface area contributed by atoms with E-state index in [9.17, 15) is 44.7 Å². The molecule has 17 heteroatoms. The van der Waals surface area contributed by atoms with Crippen LogP contribution in [-0.4, -0.2) is 142 Å². The van der Waals surface area contributed by atoms with Gasteiger partial charge in [-0.2, -0.15) is 0 Å². The molecule has 2 aromatic rings. The van der Waals surface area contributed by atoms with E-state index in [1.807, 2.05) is 19.0 Å². The largest absolute Gasteiger partial charge is 0.507 e. The van der Waals surface area contributed by atoms with E-state index < -0.39 is 125 Å². The number of ketones is 3. The lowest BCUT2D eigenvalue weighted by Gasteiger charge is -2.48.